The van der Waals surface area contributed by atoms with Gasteiger partial charge in [-0.1, -0.05) is 19.8 Å². The zero-order valence-electron chi connectivity index (χ0n) is 5.56. The molecule has 0 aromatic heterocycles. The Morgan fingerprint density at radius 1 is 1.25 bits per heavy atom. The third kappa shape index (κ3) is 0.463. The molecular weight excluding hydrogens is 96.1 g/mol. The summed E-state index contributed by atoms with van der Waals surface area (Å²) in [5.41, 5.74) is 0. The molecule has 0 bridgehead atoms. The summed E-state index contributed by atoms with van der Waals surface area (Å²) in [5, 5.41) is 0. The van der Waals surface area contributed by atoms with Crippen LogP contribution in [-0.4, -0.2) is 0 Å². The maximum Gasteiger partial charge on any atom is -0.0360 e. The molecule has 0 aromatic carbocycles. The smallest absolute Gasteiger partial charge is 0.0360 e. The van der Waals surface area contributed by atoms with Gasteiger partial charge in [0.05, 0.1) is 0 Å². The van der Waals surface area contributed by atoms with Crippen LogP contribution in [0.1, 0.15) is 32.6 Å². The highest BCUT2D eigenvalue weighted by molar-refractivity contribution is 4.90. The van der Waals surface area contributed by atoms with Crippen molar-refractivity contribution in [3.05, 3.63) is 0 Å². The van der Waals surface area contributed by atoms with Crippen LogP contribution >= 0.6 is 0 Å². The van der Waals surface area contributed by atoms with E-state index in [1.165, 1.54) is 12.3 Å². The van der Waals surface area contributed by atoms with E-state index in [0.717, 1.165) is 11.8 Å². The van der Waals surface area contributed by atoms with Gasteiger partial charge in [-0.25, -0.2) is 0 Å². The van der Waals surface area contributed by atoms with E-state index in [9.17, 15) is 0 Å². The molecule has 2 aliphatic rings. The fourth-order valence-corrected chi connectivity index (χ4v) is 2.56. The lowest BCUT2D eigenvalue weighted by Gasteiger charge is -2.37. The molecule has 3 unspecified atom stereocenters. The zero-order valence-corrected chi connectivity index (χ0v) is 5.56. The lowest BCUT2D eigenvalue weighted by atomic mass is 9.68. The van der Waals surface area contributed by atoms with E-state index in [1.807, 2.05) is 0 Å². The van der Waals surface area contributed by atoms with Crippen molar-refractivity contribution >= 4 is 0 Å². The van der Waals surface area contributed by atoms with Gasteiger partial charge in [0.2, 0.25) is 0 Å². The quantitative estimate of drug-likeness (QED) is 0.449. The lowest BCUT2D eigenvalue weighted by Crippen LogP contribution is -2.29. The van der Waals surface area contributed by atoms with Crippen LogP contribution in [-0.2, 0) is 0 Å². The molecule has 2 aliphatic carbocycles. The largest absolute Gasteiger partial charge is 0.0622 e. The first-order valence-corrected chi connectivity index (χ1v) is 3.88. The SMILES string of the molecule is CC1CC2CCCC12. The Bertz CT molecular complexity index is 96.2. The molecule has 0 aliphatic heterocycles. The summed E-state index contributed by atoms with van der Waals surface area (Å²) >= 11 is 0. The maximum atomic E-state index is 2.41. The van der Waals surface area contributed by atoms with E-state index < -0.39 is 0 Å². The molecule has 0 aromatic rings. The third-order valence-electron chi connectivity index (χ3n) is 3.12. The molecule has 8 heavy (non-hydrogen) atoms. The maximum absolute atomic E-state index is 2.41. The molecule has 2 rings (SSSR count). The van der Waals surface area contributed by atoms with Crippen molar-refractivity contribution in [1.82, 2.24) is 0 Å². The second-order valence-corrected chi connectivity index (χ2v) is 3.57. The number of fused-ring (bicyclic) bond motifs is 1. The van der Waals surface area contributed by atoms with Gasteiger partial charge >= 0.3 is 0 Å². The number of rotatable bonds is 0. The van der Waals surface area contributed by atoms with Crippen molar-refractivity contribution in [2.75, 3.05) is 0 Å². The molecule has 0 amide bonds. The molecular formula is C8H14. The third-order valence-corrected chi connectivity index (χ3v) is 3.12. The molecule has 46 valence electrons. The van der Waals surface area contributed by atoms with Crippen molar-refractivity contribution in [3.63, 3.8) is 0 Å². The second-order valence-electron chi connectivity index (χ2n) is 3.57. The fraction of sp³-hybridized carbons (Fsp3) is 1.00. The standard InChI is InChI=1S/C8H14/c1-6-5-7-3-2-4-8(6)7/h6-8H,2-5H2,1H3. The van der Waals surface area contributed by atoms with Gasteiger partial charge in [0.25, 0.3) is 0 Å². The van der Waals surface area contributed by atoms with Gasteiger partial charge in [-0.2, -0.15) is 0 Å². The van der Waals surface area contributed by atoms with E-state index in [0.29, 0.717) is 0 Å². The molecule has 0 N–H and O–H groups in total. The van der Waals surface area contributed by atoms with E-state index in [1.54, 1.807) is 19.3 Å². The summed E-state index contributed by atoms with van der Waals surface area (Å²) in [7, 11) is 0. The van der Waals surface area contributed by atoms with Gasteiger partial charge in [-0.3, -0.25) is 0 Å². The molecule has 0 heteroatoms. The number of hydrogen-bond acceptors (Lipinski definition) is 0. The summed E-state index contributed by atoms with van der Waals surface area (Å²) in [6.45, 7) is 2.41. The molecule has 0 heterocycles. The van der Waals surface area contributed by atoms with Gasteiger partial charge in [-0.15, -0.1) is 0 Å². The Hall–Kier alpha value is 0. The van der Waals surface area contributed by atoms with Gasteiger partial charge in [0.15, 0.2) is 0 Å². The Morgan fingerprint density at radius 2 is 2.12 bits per heavy atom. The Labute approximate surface area is 51.3 Å². The van der Waals surface area contributed by atoms with E-state index in [-0.39, 0.29) is 0 Å². The van der Waals surface area contributed by atoms with E-state index in [4.69, 9.17) is 0 Å². The molecule has 0 saturated heterocycles. The Balaban J connectivity index is 2.02. The van der Waals surface area contributed by atoms with Crippen LogP contribution in [0.25, 0.3) is 0 Å². The Morgan fingerprint density at radius 3 is 2.62 bits per heavy atom. The van der Waals surface area contributed by atoms with Crippen molar-refractivity contribution in [3.8, 4) is 0 Å². The van der Waals surface area contributed by atoms with E-state index in [2.05, 4.69) is 6.92 Å². The zero-order chi connectivity index (χ0) is 5.56. The van der Waals surface area contributed by atoms with Crippen LogP contribution in [0.2, 0.25) is 0 Å². The van der Waals surface area contributed by atoms with Crippen molar-refractivity contribution in [1.29, 1.82) is 0 Å². The Kier molecular flexibility index (Phi) is 0.902. The second kappa shape index (κ2) is 1.49. The predicted molar refractivity (Wildman–Crippen MR) is 34.6 cm³/mol. The summed E-state index contributed by atoms with van der Waals surface area (Å²) in [6.07, 6.45) is 6.17. The molecule has 0 radical (unpaired) electrons. The van der Waals surface area contributed by atoms with Crippen LogP contribution in [0, 0.1) is 17.8 Å². The molecule has 2 saturated carbocycles. The first-order valence-electron chi connectivity index (χ1n) is 3.88. The van der Waals surface area contributed by atoms with Crippen molar-refractivity contribution in [2.24, 2.45) is 17.8 Å². The minimum atomic E-state index is 1.09. The van der Waals surface area contributed by atoms with Crippen LogP contribution < -0.4 is 0 Å². The molecule has 0 nitrogen and oxygen atoms in total. The topological polar surface area (TPSA) is 0 Å². The van der Waals surface area contributed by atoms with Gasteiger partial charge in [0, 0.05) is 0 Å². The van der Waals surface area contributed by atoms with Gasteiger partial charge in [0.1, 0.15) is 0 Å². The summed E-state index contributed by atoms with van der Waals surface area (Å²) in [5.74, 6) is 3.42. The van der Waals surface area contributed by atoms with Crippen molar-refractivity contribution in [2.45, 2.75) is 32.6 Å². The number of hydrogen-bond donors (Lipinski definition) is 0. The highest BCUT2D eigenvalue weighted by Gasteiger charge is 2.40. The average Bonchev–Trinajstić information content (AvgIpc) is 2.09. The highest BCUT2D eigenvalue weighted by Crippen LogP contribution is 2.50. The first-order chi connectivity index (χ1) is 3.88. The lowest BCUT2D eigenvalue weighted by molar-refractivity contribution is 0.120. The van der Waals surface area contributed by atoms with Crippen LogP contribution in [0.5, 0.6) is 0 Å². The van der Waals surface area contributed by atoms with Gasteiger partial charge in [-0.05, 0) is 30.6 Å². The average molecular weight is 110 g/mol. The monoisotopic (exact) mass is 110 g/mol. The first kappa shape index (κ1) is 4.84. The molecule has 0 spiro atoms. The fourth-order valence-electron chi connectivity index (χ4n) is 2.56. The van der Waals surface area contributed by atoms with Crippen LogP contribution in [0.3, 0.4) is 0 Å². The highest BCUT2D eigenvalue weighted by atomic mass is 14.5. The van der Waals surface area contributed by atoms with Crippen LogP contribution in [0.4, 0.5) is 0 Å². The molecule has 2 fully saturated rings. The normalized spacial score (nSPS) is 52.9. The predicted octanol–water partition coefficient (Wildman–Crippen LogP) is 2.44. The van der Waals surface area contributed by atoms with Crippen molar-refractivity contribution < 1.29 is 0 Å². The van der Waals surface area contributed by atoms with Gasteiger partial charge < -0.3 is 0 Å². The van der Waals surface area contributed by atoms with E-state index >= 15 is 0 Å². The summed E-state index contributed by atoms with van der Waals surface area (Å²) in [6, 6.07) is 0. The summed E-state index contributed by atoms with van der Waals surface area (Å²) < 4.78 is 0. The summed E-state index contributed by atoms with van der Waals surface area (Å²) in [4.78, 5) is 0. The minimum absolute atomic E-state index is 1.09. The van der Waals surface area contributed by atoms with Crippen LogP contribution in [0.15, 0.2) is 0 Å². The molecule has 3 atom stereocenters. The minimum Gasteiger partial charge on any atom is -0.0622 e.